The van der Waals surface area contributed by atoms with Gasteiger partial charge in [-0.25, -0.2) is 4.98 Å². The van der Waals surface area contributed by atoms with Crippen LogP contribution in [0.2, 0.25) is 0 Å². The summed E-state index contributed by atoms with van der Waals surface area (Å²) >= 11 is 4.24. The molecule has 0 aliphatic heterocycles. The van der Waals surface area contributed by atoms with Crippen molar-refractivity contribution in [1.82, 2.24) is 14.5 Å². The molecule has 0 fully saturated rings. The predicted octanol–water partition coefficient (Wildman–Crippen LogP) is 2.37. The van der Waals surface area contributed by atoms with Crippen LogP contribution in [0, 0.1) is 0 Å². The molecule has 0 saturated heterocycles. The van der Waals surface area contributed by atoms with E-state index in [9.17, 15) is 0 Å². The number of hydrogen-bond donors (Lipinski definition) is 1. The van der Waals surface area contributed by atoms with Crippen LogP contribution in [-0.4, -0.2) is 40.3 Å². The number of aromatic nitrogens is 2. The van der Waals surface area contributed by atoms with Crippen molar-refractivity contribution in [2.45, 2.75) is 12.8 Å². The first-order valence-corrected chi connectivity index (χ1v) is 7.03. The zero-order valence-electron chi connectivity index (χ0n) is 11.1. The molecule has 0 saturated carbocycles. The molecular weight excluding hydrogens is 242 g/mol. The van der Waals surface area contributed by atoms with Crippen molar-refractivity contribution >= 4 is 23.7 Å². The standard InChI is InChI=1S/C14H21N3S/c1-16(7-3-9-18)8-6-12-4-5-14-13(10-12)15-11-17(14)2/h4-5,10-11,18H,3,6-9H2,1-2H3. The second kappa shape index (κ2) is 6.25. The monoisotopic (exact) mass is 263 g/mol. The zero-order chi connectivity index (χ0) is 13.0. The lowest BCUT2D eigenvalue weighted by atomic mass is 10.1. The number of rotatable bonds is 6. The molecule has 1 heterocycles. The molecule has 0 amide bonds. The lowest BCUT2D eigenvalue weighted by Gasteiger charge is -2.15. The minimum atomic E-state index is 0.963. The van der Waals surface area contributed by atoms with E-state index in [-0.39, 0.29) is 0 Å². The molecule has 2 aromatic rings. The molecule has 0 bridgehead atoms. The minimum absolute atomic E-state index is 0.963. The SMILES string of the molecule is CN(CCCS)CCc1ccc2c(c1)ncn2C. The Morgan fingerprint density at radius 1 is 1.33 bits per heavy atom. The van der Waals surface area contributed by atoms with E-state index in [0.29, 0.717) is 0 Å². The second-order valence-corrected chi connectivity index (χ2v) is 5.26. The fourth-order valence-corrected chi connectivity index (χ4v) is 2.25. The van der Waals surface area contributed by atoms with Crippen LogP contribution in [0.25, 0.3) is 11.0 Å². The summed E-state index contributed by atoms with van der Waals surface area (Å²) in [7, 11) is 4.20. The van der Waals surface area contributed by atoms with E-state index in [4.69, 9.17) is 0 Å². The summed E-state index contributed by atoms with van der Waals surface area (Å²) in [5.74, 6) is 0.963. The first-order valence-electron chi connectivity index (χ1n) is 6.40. The molecule has 2 rings (SSSR count). The number of likely N-dealkylation sites (N-methyl/N-ethyl adjacent to an activating group) is 1. The van der Waals surface area contributed by atoms with Gasteiger partial charge in [-0.2, -0.15) is 12.6 Å². The molecule has 0 radical (unpaired) electrons. The van der Waals surface area contributed by atoms with Gasteiger partial charge in [0.1, 0.15) is 0 Å². The van der Waals surface area contributed by atoms with E-state index >= 15 is 0 Å². The molecule has 3 nitrogen and oxygen atoms in total. The van der Waals surface area contributed by atoms with Gasteiger partial charge in [-0.1, -0.05) is 6.07 Å². The van der Waals surface area contributed by atoms with Crippen LogP contribution in [0.1, 0.15) is 12.0 Å². The molecule has 98 valence electrons. The van der Waals surface area contributed by atoms with Gasteiger partial charge in [0.05, 0.1) is 17.4 Å². The second-order valence-electron chi connectivity index (χ2n) is 4.81. The summed E-state index contributed by atoms with van der Waals surface area (Å²) in [4.78, 5) is 6.75. The van der Waals surface area contributed by atoms with Crippen molar-refractivity contribution in [3.8, 4) is 0 Å². The largest absolute Gasteiger partial charge is 0.334 e. The van der Waals surface area contributed by atoms with Crippen LogP contribution in [0.15, 0.2) is 24.5 Å². The van der Waals surface area contributed by atoms with Crippen molar-refractivity contribution in [1.29, 1.82) is 0 Å². The van der Waals surface area contributed by atoms with Crippen molar-refractivity contribution in [2.24, 2.45) is 7.05 Å². The number of fused-ring (bicyclic) bond motifs is 1. The molecule has 0 unspecified atom stereocenters. The molecular formula is C14H21N3S. The van der Waals surface area contributed by atoms with Crippen molar-refractivity contribution in [2.75, 3.05) is 25.9 Å². The molecule has 0 N–H and O–H groups in total. The average Bonchev–Trinajstić information content (AvgIpc) is 2.75. The summed E-state index contributed by atoms with van der Waals surface area (Å²) < 4.78 is 2.05. The van der Waals surface area contributed by atoms with E-state index < -0.39 is 0 Å². The molecule has 1 aromatic heterocycles. The maximum Gasteiger partial charge on any atom is 0.0955 e. The fraction of sp³-hybridized carbons (Fsp3) is 0.500. The first-order chi connectivity index (χ1) is 8.70. The zero-order valence-corrected chi connectivity index (χ0v) is 12.0. The van der Waals surface area contributed by atoms with Crippen LogP contribution >= 0.6 is 12.6 Å². The van der Waals surface area contributed by atoms with Gasteiger partial charge < -0.3 is 9.47 Å². The number of aryl methyl sites for hydroxylation is 1. The van der Waals surface area contributed by atoms with Crippen LogP contribution in [0.5, 0.6) is 0 Å². The van der Waals surface area contributed by atoms with E-state index in [1.807, 2.05) is 13.4 Å². The van der Waals surface area contributed by atoms with E-state index in [2.05, 4.69) is 52.3 Å². The van der Waals surface area contributed by atoms with Gasteiger partial charge in [-0.3, -0.25) is 0 Å². The highest BCUT2D eigenvalue weighted by Gasteiger charge is 2.03. The Bertz CT molecular complexity index is 507. The predicted molar refractivity (Wildman–Crippen MR) is 80.4 cm³/mol. The number of hydrogen-bond acceptors (Lipinski definition) is 3. The van der Waals surface area contributed by atoms with Crippen molar-refractivity contribution < 1.29 is 0 Å². The minimum Gasteiger partial charge on any atom is -0.334 e. The van der Waals surface area contributed by atoms with Crippen LogP contribution < -0.4 is 0 Å². The van der Waals surface area contributed by atoms with Gasteiger partial charge in [0.25, 0.3) is 0 Å². The van der Waals surface area contributed by atoms with Crippen molar-refractivity contribution in [3.05, 3.63) is 30.1 Å². The lowest BCUT2D eigenvalue weighted by Crippen LogP contribution is -2.22. The van der Waals surface area contributed by atoms with Gasteiger partial charge in [0.15, 0.2) is 0 Å². The molecule has 0 spiro atoms. The number of thiol groups is 1. The van der Waals surface area contributed by atoms with E-state index in [1.165, 1.54) is 11.1 Å². The highest BCUT2D eigenvalue weighted by molar-refractivity contribution is 7.80. The molecule has 0 aliphatic rings. The van der Waals surface area contributed by atoms with Gasteiger partial charge in [0, 0.05) is 13.6 Å². The highest BCUT2D eigenvalue weighted by Crippen LogP contribution is 2.14. The summed E-state index contributed by atoms with van der Waals surface area (Å²) in [6.45, 7) is 2.21. The third-order valence-electron chi connectivity index (χ3n) is 3.27. The quantitative estimate of drug-likeness (QED) is 0.808. The highest BCUT2D eigenvalue weighted by atomic mass is 32.1. The average molecular weight is 263 g/mol. The summed E-state index contributed by atoms with van der Waals surface area (Å²) in [5, 5.41) is 0. The number of imidazole rings is 1. The van der Waals surface area contributed by atoms with E-state index in [1.54, 1.807) is 0 Å². The van der Waals surface area contributed by atoms with Gasteiger partial charge in [-0.05, 0) is 49.9 Å². The Morgan fingerprint density at radius 3 is 2.94 bits per heavy atom. The normalized spacial score (nSPS) is 11.6. The third-order valence-corrected chi connectivity index (χ3v) is 3.59. The smallest absolute Gasteiger partial charge is 0.0955 e. The Labute approximate surface area is 114 Å². The van der Waals surface area contributed by atoms with Gasteiger partial charge >= 0.3 is 0 Å². The molecule has 0 atom stereocenters. The van der Waals surface area contributed by atoms with Crippen LogP contribution in [0.3, 0.4) is 0 Å². The summed E-state index contributed by atoms with van der Waals surface area (Å²) in [5.41, 5.74) is 3.65. The van der Waals surface area contributed by atoms with Crippen LogP contribution in [-0.2, 0) is 13.5 Å². The maximum atomic E-state index is 4.39. The number of benzene rings is 1. The topological polar surface area (TPSA) is 21.1 Å². The lowest BCUT2D eigenvalue weighted by molar-refractivity contribution is 0.340. The van der Waals surface area contributed by atoms with Crippen LogP contribution in [0.4, 0.5) is 0 Å². The molecule has 0 aliphatic carbocycles. The molecule has 4 heteroatoms. The fourth-order valence-electron chi connectivity index (χ4n) is 2.11. The third kappa shape index (κ3) is 3.27. The Kier molecular flexibility index (Phi) is 4.66. The Hall–Kier alpha value is -1.00. The van der Waals surface area contributed by atoms with Gasteiger partial charge in [0.2, 0.25) is 0 Å². The first kappa shape index (κ1) is 13.4. The van der Waals surface area contributed by atoms with Crippen molar-refractivity contribution in [3.63, 3.8) is 0 Å². The van der Waals surface area contributed by atoms with E-state index in [0.717, 1.165) is 37.2 Å². The van der Waals surface area contributed by atoms with Gasteiger partial charge in [-0.15, -0.1) is 0 Å². The maximum absolute atomic E-state index is 4.39. The molecule has 18 heavy (non-hydrogen) atoms. The Morgan fingerprint density at radius 2 is 2.17 bits per heavy atom. The Balaban J connectivity index is 1.95. The summed E-state index contributed by atoms with van der Waals surface area (Å²) in [6, 6.07) is 6.56. The molecule has 1 aromatic carbocycles. The number of nitrogens with zero attached hydrogens (tertiary/aromatic N) is 3. The summed E-state index contributed by atoms with van der Waals surface area (Å²) in [6.07, 6.45) is 4.10.